The zero-order chi connectivity index (χ0) is 27.1. The van der Waals surface area contributed by atoms with Gasteiger partial charge in [-0.2, -0.15) is 0 Å². The highest BCUT2D eigenvalue weighted by Gasteiger charge is 2.22. The molecule has 0 aliphatic heterocycles. The van der Waals surface area contributed by atoms with E-state index in [4.69, 9.17) is 9.84 Å². The zero-order valence-corrected chi connectivity index (χ0v) is 23.4. The third-order valence-corrected chi connectivity index (χ3v) is 10.7. The number of hydrogen-bond donors (Lipinski definition) is 1. The Balaban J connectivity index is 1.51. The Kier molecular flexibility index (Phi) is 9.13. The molecule has 5 heteroatoms. The number of hydrogen-bond acceptors (Lipinski definition) is 2. The molecule has 0 aliphatic carbocycles. The smallest absolute Gasteiger partial charge is 0.167 e. The molecule has 38 heavy (non-hydrogen) atoms. The van der Waals surface area contributed by atoms with Crippen molar-refractivity contribution >= 4 is 13.3 Å². The Morgan fingerprint density at radius 1 is 0.658 bits per heavy atom. The van der Waals surface area contributed by atoms with Crippen LogP contribution in [0.2, 0.25) is 19.1 Å². The van der Waals surface area contributed by atoms with E-state index in [1.807, 2.05) is 24.3 Å². The maximum absolute atomic E-state index is 15.2. The summed E-state index contributed by atoms with van der Waals surface area (Å²) in [5.74, 6) is -1.11. The summed E-state index contributed by atoms with van der Waals surface area (Å²) in [4.78, 5) is 0. The van der Waals surface area contributed by atoms with E-state index in [-0.39, 0.29) is 17.7 Å². The fourth-order valence-corrected chi connectivity index (χ4v) is 7.29. The molecule has 0 aromatic heterocycles. The van der Waals surface area contributed by atoms with Gasteiger partial charge in [-0.05, 0) is 34.4 Å². The highest BCUT2D eigenvalue weighted by atomic mass is 28.3. The van der Waals surface area contributed by atoms with Gasteiger partial charge in [0.05, 0.1) is 14.7 Å². The number of benzene rings is 4. The average molecular weight is 531 g/mol. The van der Waals surface area contributed by atoms with Gasteiger partial charge in [-0.25, -0.2) is 8.78 Å². The number of aliphatic hydroxyl groups excluding tert-OH is 1. The molecular weight excluding hydrogens is 494 g/mol. The van der Waals surface area contributed by atoms with Crippen molar-refractivity contribution in [2.45, 2.75) is 45.3 Å². The predicted octanol–water partition coefficient (Wildman–Crippen LogP) is 8.44. The fourth-order valence-electron chi connectivity index (χ4n) is 4.70. The molecule has 0 amide bonds. The van der Waals surface area contributed by atoms with Crippen molar-refractivity contribution in [3.05, 3.63) is 96.6 Å². The van der Waals surface area contributed by atoms with Crippen molar-refractivity contribution in [3.63, 3.8) is 0 Å². The summed E-state index contributed by atoms with van der Waals surface area (Å²) in [6.45, 7) is 7.55. The van der Waals surface area contributed by atoms with Crippen LogP contribution in [0.1, 0.15) is 26.2 Å². The summed E-state index contributed by atoms with van der Waals surface area (Å²) in [6.07, 6.45) is 3.03. The van der Waals surface area contributed by atoms with Crippen molar-refractivity contribution < 1.29 is 18.6 Å². The molecule has 2 nitrogen and oxygen atoms in total. The normalized spacial score (nSPS) is 11.5. The molecule has 0 atom stereocenters. The highest BCUT2D eigenvalue weighted by Crippen LogP contribution is 2.33. The van der Waals surface area contributed by atoms with Gasteiger partial charge in [-0.15, -0.1) is 0 Å². The molecule has 0 spiro atoms. The van der Waals surface area contributed by atoms with Crippen molar-refractivity contribution in [2.75, 3.05) is 13.2 Å². The molecule has 0 saturated heterocycles. The van der Waals surface area contributed by atoms with E-state index < -0.39 is 19.7 Å². The highest BCUT2D eigenvalue weighted by molar-refractivity contribution is 6.89. The third kappa shape index (κ3) is 6.40. The van der Waals surface area contributed by atoms with Crippen LogP contribution in [0.25, 0.3) is 33.4 Å². The summed E-state index contributed by atoms with van der Waals surface area (Å²) in [6, 6.07) is 27.9. The summed E-state index contributed by atoms with van der Waals surface area (Å²) in [5.41, 5.74) is 3.81. The van der Waals surface area contributed by atoms with E-state index >= 15 is 8.78 Å². The lowest BCUT2D eigenvalue weighted by Gasteiger charge is -2.23. The lowest BCUT2D eigenvalue weighted by Crippen LogP contribution is -2.40. The third-order valence-electron chi connectivity index (χ3n) is 7.17. The first-order valence-electron chi connectivity index (χ1n) is 13.4. The average Bonchev–Trinajstić information content (AvgIpc) is 2.94. The van der Waals surface area contributed by atoms with Crippen LogP contribution in [0.3, 0.4) is 0 Å². The van der Waals surface area contributed by atoms with E-state index in [0.29, 0.717) is 29.9 Å². The monoisotopic (exact) mass is 530 g/mol. The SMILES string of the molecule is CCCC[Si](C)(C)c1ccc(-c2ccc(-c3ccc(-c4ccc(OCCCO)cc4)c(F)c3F)cc2)cc1. The quantitative estimate of drug-likeness (QED) is 0.156. The Morgan fingerprint density at radius 2 is 1.13 bits per heavy atom. The topological polar surface area (TPSA) is 29.5 Å². The minimum absolute atomic E-state index is 0.0592. The van der Waals surface area contributed by atoms with E-state index in [1.54, 1.807) is 36.4 Å². The maximum Gasteiger partial charge on any atom is 0.167 e. The fraction of sp³-hybridized carbons (Fsp3) is 0.273. The molecule has 1 N–H and O–H groups in total. The second kappa shape index (κ2) is 12.5. The largest absolute Gasteiger partial charge is 0.494 e. The van der Waals surface area contributed by atoms with Crippen molar-refractivity contribution in [1.82, 2.24) is 0 Å². The number of ether oxygens (including phenoxy) is 1. The standard InChI is InChI=1S/C33H36F2O2Si/c1-4-5-23-38(2,3)29-17-13-25(14-18-29)24-7-9-26(10-8-24)30-19-20-31(33(35)32(30)34)27-11-15-28(16-12-27)37-22-6-21-36/h7-20,36H,4-6,21-23H2,1-3H3. The van der Waals surface area contributed by atoms with Gasteiger partial charge in [0, 0.05) is 24.2 Å². The van der Waals surface area contributed by atoms with Gasteiger partial charge < -0.3 is 9.84 Å². The van der Waals surface area contributed by atoms with Crippen LogP contribution in [-0.2, 0) is 0 Å². The van der Waals surface area contributed by atoms with Crippen LogP contribution < -0.4 is 9.92 Å². The molecule has 4 aromatic rings. The van der Waals surface area contributed by atoms with Crippen LogP contribution in [-0.4, -0.2) is 26.4 Å². The van der Waals surface area contributed by atoms with E-state index in [2.05, 4.69) is 44.3 Å². The van der Waals surface area contributed by atoms with Gasteiger partial charge in [0.25, 0.3) is 0 Å². The predicted molar refractivity (Wildman–Crippen MR) is 157 cm³/mol. The van der Waals surface area contributed by atoms with Gasteiger partial charge in [0.2, 0.25) is 0 Å². The molecule has 0 heterocycles. The Morgan fingerprint density at radius 3 is 1.63 bits per heavy atom. The Labute approximate surface area is 226 Å². The van der Waals surface area contributed by atoms with Gasteiger partial charge in [-0.3, -0.25) is 0 Å². The zero-order valence-electron chi connectivity index (χ0n) is 22.4. The van der Waals surface area contributed by atoms with Gasteiger partial charge in [-0.1, -0.05) is 117 Å². The summed E-state index contributed by atoms with van der Waals surface area (Å²) >= 11 is 0. The first-order valence-corrected chi connectivity index (χ1v) is 16.6. The van der Waals surface area contributed by atoms with Crippen LogP contribution in [0, 0.1) is 11.6 Å². The lowest BCUT2D eigenvalue weighted by molar-refractivity contribution is 0.233. The molecule has 4 rings (SSSR count). The van der Waals surface area contributed by atoms with Gasteiger partial charge >= 0.3 is 0 Å². The first kappa shape index (κ1) is 27.7. The molecular formula is C33H36F2O2Si. The molecule has 0 fully saturated rings. The van der Waals surface area contributed by atoms with Gasteiger partial charge in [0.1, 0.15) is 5.75 Å². The Hall–Kier alpha value is -3.28. The van der Waals surface area contributed by atoms with E-state index in [1.165, 1.54) is 24.1 Å². The van der Waals surface area contributed by atoms with E-state index in [9.17, 15) is 0 Å². The molecule has 4 aromatic carbocycles. The minimum atomic E-state index is -1.42. The van der Waals surface area contributed by atoms with Crippen molar-refractivity contribution in [1.29, 1.82) is 0 Å². The molecule has 0 radical (unpaired) electrons. The molecule has 0 saturated carbocycles. The molecule has 198 valence electrons. The first-order chi connectivity index (χ1) is 18.3. The van der Waals surface area contributed by atoms with E-state index in [0.717, 1.165) is 11.1 Å². The number of rotatable bonds is 11. The minimum Gasteiger partial charge on any atom is -0.494 e. The van der Waals surface area contributed by atoms with Crippen LogP contribution in [0.4, 0.5) is 8.78 Å². The number of halogens is 2. The second-order valence-corrected chi connectivity index (χ2v) is 15.2. The van der Waals surface area contributed by atoms with Crippen LogP contribution in [0.5, 0.6) is 5.75 Å². The molecule has 0 aliphatic rings. The van der Waals surface area contributed by atoms with Crippen LogP contribution >= 0.6 is 0 Å². The second-order valence-electron chi connectivity index (χ2n) is 10.4. The Bertz CT molecular complexity index is 1330. The summed E-state index contributed by atoms with van der Waals surface area (Å²) < 4.78 is 35.8. The summed E-state index contributed by atoms with van der Waals surface area (Å²) in [7, 11) is -1.42. The number of aliphatic hydroxyl groups is 1. The lowest BCUT2D eigenvalue weighted by atomic mass is 9.97. The number of unbranched alkanes of at least 4 members (excludes halogenated alkanes) is 1. The maximum atomic E-state index is 15.2. The van der Waals surface area contributed by atoms with Crippen molar-refractivity contribution in [3.8, 4) is 39.1 Å². The molecule has 0 bridgehead atoms. The van der Waals surface area contributed by atoms with Crippen LogP contribution in [0.15, 0.2) is 84.9 Å². The molecule has 0 unspecified atom stereocenters. The van der Waals surface area contributed by atoms with Crippen molar-refractivity contribution in [2.24, 2.45) is 0 Å². The summed E-state index contributed by atoms with van der Waals surface area (Å²) in [5, 5.41) is 10.3. The van der Waals surface area contributed by atoms with Gasteiger partial charge in [0.15, 0.2) is 11.6 Å².